The first-order valence-electron chi connectivity index (χ1n) is 13.1. The second-order valence-corrected chi connectivity index (χ2v) is 10.8. The second-order valence-electron chi connectivity index (χ2n) is 10.8. The van der Waals surface area contributed by atoms with E-state index in [0.717, 1.165) is 55.7 Å². The fourth-order valence-electron chi connectivity index (χ4n) is 5.16. The highest BCUT2D eigenvalue weighted by molar-refractivity contribution is 6.09. The van der Waals surface area contributed by atoms with Crippen LogP contribution in [0.3, 0.4) is 0 Å². The van der Waals surface area contributed by atoms with E-state index in [4.69, 9.17) is 9.72 Å². The van der Waals surface area contributed by atoms with E-state index >= 15 is 0 Å². The summed E-state index contributed by atoms with van der Waals surface area (Å²) in [4.78, 5) is 13.0. The van der Waals surface area contributed by atoms with Crippen LogP contribution in [0.2, 0.25) is 0 Å². The molecule has 0 aliphatic rings. The van der Waals surface area contributed by atoms with Gasteiger partial charge in [0.2, 0.25) is 12.3 Å². The first-order valence-corrected chi connectivity index (χ1v) is 13.1. The van der Waals surface area contributed by atoms with Crippen LogP contribution in [0.25, 0.3) is 44.5 Å². The molecule has 0 amide bonds. The molecule has 0 aliphatic heterocycles. The third kappa shape index (κ3) is 4.01. The van der Waals surface area contributed by atoms with Crippen molar-refractivity contribution in [2.24, 2.45) is 0 Å². The first-order chi connectivity index (χ1) is 19.0. The van der Waals surface area contributed by atoms with Gasteiger partial charge in [-0.1, -0.05) is 57.2 Å². The minimum atomic E-state index is -0.0848. The summed E-state index contributed by atoms with van der Waals surface area (Å²) in [5.41, 5.74) is 6.19. The van der Waals surface area contributed by atoms with E-state index < -0.39 is 0 Å². The monoisotopic (exact) mass is 510 g/mol. The lowest BCUT2D eigenvalue weighted by Crippen LogP contribution is -2.28. The zero-order valence-electron chi connectivity index (χ0n) is 22.1. The van der Waals surface area contributed by atoms with Gasteiger partial charge in [-0.25, -0.2) is 15.0 Å². The van der Waals surface area contributed by atoms with Crippen LogP contribution in [-0.2, 0) is 5.41 Å². The SMILES string of the molecule is CC(C)(C)c1ccnc(-n2c3ccccc3c3ccc(Oc4cccc(-[n+]5c[nH]c6ccccc65)c4)cc32)n1. The normalized spacial score (nSPS) is 12.0. The largest absolute Gasteiger partial charge is 0.457 e. The summed E-state index contributed by atoms with van der Waals surface area (Å²) >= 11 is 0. The quantitative estimate of drug-likeness (QED) is 0.251. The van der Waals surface area contributed by atoms with Gasteiger partial charge in [-0.2, -0.15) is 4.57 Å². The smallest absolute Gasteiger partial charge is 0.247 e. The molecule has 0 saturated carbocycles. The number of hydrogen-bond acceptors (Lipinski definition) is 3. The lowest BCUT2D eigenvalue weighted by Gasteiger charge is -2.18. The molecule has 0 atom stereocenters. The standard InChI is InChI=1S/C33H27N5O/c1-33(2,3)31-17-18-34-32(36-31)38-28-13-6-4-11-25(28)26-16-15-24(20-30(26)38)39-23-10-8-9-22(19-23)37-21-35-27-12-5-7-14-29(27)37/h4-21H,1-3H3/p+1. The Morgan fingerprint density at radius 2 is 1.56 bits per heavy atom. The Balaban J connectivity index is 1.33. The zero-order chi connectivity index (χ0) is 26.6. The Kier molecular flexibility index (Phi) is 5.23. The van der Waals surface area contributed by atoms with E-state index in [0.29, 0.717) is 5.95 Å². The van der Waals surface area contributed by atoms with Crippen molar-refractivity contribution in [3.8, 4) is 23.1 Å². The fourth-order valence-corrected chi connectivity index (χ4v) is 5.16. The van der Waals surface area contributed by atoms with Gasteiger partial charge in [0.25, 0.3) is 0 Å². The molecule has 190 valence electrons. The molecule has 1 N–H and O–H groups in total. The maximum atomic E-state index is 6.42. The van der Waals surface area contributed by atoms with Gasteiger partial charge in [0.05, 0.1) is 16.7 Å². The molecule has 7 aromatic rings. The maximum Gasteiger partial charge on any atom is 0.247 e. The number of para-hydroxylation sites is 3. The first kappa shape index (κ1) is 23.2. The molecule has 0 spiro atoms. The van der Waals surface area contributed by atoms with E-state index in [-0.39, 0.29) is 5.41 Å². The van der Waals surface area contributed by atoms with Crippen LogP contribution in [0.5, 0.6) is 11.5 Å². The number of imidazole rings is 1. The molecule has 6 heteroatoms. The van der Waals surface area contributed by atoms with Gasteiger partial charge in [-0.05, 0) is 48.5 Å². The minimum absolute atomic E-state index is 0.0848. The van der Waals surface area contributed by atoms with E-state index in [1.54, 1.807) is 0 Å². The molecule has 7 rings (SSSR count). The Labute approximate surface area is 226 Å². The molecule has 6 nitrogen and oxygen atoms in total. The zero-order valence-corrected chi connectivity index (χ0v) is 22.1. The molecule has 0 unspecified atom stereocenters. The number of aromatic nitrogens is 5. The van der Waals surface area contributed by atoms with Crippen molar-refractivity contribution in [1.29, 1.82) is 0 Å². The van der Waals surface area contributed by atoms with Crippen molar-refractivity contribution in [3.63, 3.8) is 0 Å². The summed E-state index contributed by atoms with van der Waals surface area (Å²) < 4.78 is 10.7. The molecule has 3 aromatic heterocycles. The summed E-state index contributed by atoms with van der Waals surface area (Å²) in [6.45, 7) is 6.50. The number of hydrogen-bond donors (Lipinski definition) is 1. The van der Waals surface area contributed by atoms with Gasteiger partial charge < -0.3 is 4.74 Å². The van der Waals surface area contributed by atoms with Gasteiger partial charge in [-0.3, -0.25) is 4.57 Å². The molecule has 3 heterocycles. The summed E-state index contributed by atoms with van der Waals surface area (Å²) in [5, 5.41) is 2.28. The molecule has 0 fully saturated rings. The number of H-pyrrole nitrogens is 1. The molecule has 4 aromatic carbocycles. The molecular weight excluding hydrogens is 482 g/mol. The Morgan fingerprint density at radius 3 is 2.46 bits per heavy atom. The van der Waals surface area contributed by atoms with E-state index in [1.165, 1.54) is 0 Å². The van der Waals surface area contributed by atoms with E-state index in [2.05, 4.69) is 101 Å². The van der Waals surface area contributed by atoms with Crippen LogP contribution in [0.15, 0.2) is 110 Å². The van der Waals surface area contributed by atoms with Crippen LogP contribution >= 0.6 is 0 Å². The van der Waals surface area contributed by atoms with Crippen molar-refractivity contribution in [2.75, 3.05) is 0 Å². The molecule has 0 saturated heterocycles. The average molecular weight is 511 g/mol. The van der Waals surface area contributed by atoms with E-state index in [9.17, 15) is 0 Å². The number of aromatic amines is 1. The maximum absolute atomic E-state index is 6.42. The predicted molar refractivity (Wildman–Crippen MR) is 155 cm³/mol. The van der Waals surface area contributed by atoms with Crippen molar-refractivity contribution in [2.45, 2.75) is 26.2 Å². The van der Waals surface area contributed by atoms with Crippen LogP contribution in [0, 0.1) is 0 Å². The summed E-state index contributed by atoms with van der Waals surface area (Å²) in [6, 6.07) is 33.0. The number of rotatable bonds is 4. The highest BCUT2D eigenvalue weighted by atomic mass is 16.5. The Morgan fingerprint density at radius 1 is 0.769 bits per heavy atom. The van der Waals surface area contributed by atoms with Gasteiger partial charge in [0.1, 0.15) is 17.2 Å². The molecule has 0 radical (unpaired) electrons. The summed E-state index contributed by atoms with van der Waals surface area (Å²) in [5.74, 6) is 2.17. The summed E-state index contributed by atoms with van der Waals surface area (Å²) in [7, 11) is 0. The molecule has 0 bridgehead atoms. The van der Waals surface area contributed by atoms with Crippen LogP contribution in [0.4, 0.5) is 0 Å². The Bertz CT molecular complexity index is 1990. The second kappa shape index (κ2) is 8.81. The predicted octanol–water partition coefficient (Wildman–Crippen LogP) is 7.42. The lowest BCUT2D eigenvalue weighted by molar-refractivity contribution is -0.567. The topological polar surface area (TPSA) is 59.6 Å². The van der Waals surface area contributed by atoms with Crippen LogP contribution < -0.4 is 9.30 Å². The van der Waals surface area contributed by atoms with Crippen molar-refractivity contribution >= 4 is 32.8 Å². The third-order valence-corrected chi connectivity index (χ3v) is 7.10. The average Bonchev–Trinajstić information content (AvgIpc) is 3.52. The van der Waals surface area contributed by atoms with Crippen molar-refractivity contribution < 1.29 is 9.30 Å². The minimum Gasteiger partial charge on any atom is -0.457 e. The number of ether oxygens (including phenoxy) is 1. The molecule has 39 heavy (non-hydrogen) atoms. The molecular formula is C33H28N5O+. The van der Waals surface area contributed by atoms with Gasteiger partial charge in [0, 0.05) is 34.5 Å². The number of nitrogens with one attached hydrogen (secondary N) is 1. The highest BCUT2D eigenvalue weighted by Gasteiger charge is 2.20. The Hall–Kier alpha value is -4.97. The van der Waals surface area contributed by atoms with Crippen molar-refractivity contribution in [1.82, 2.24) is 19.5 Å². The number of nitrogens with zero attached hydrogens (tertiary/aromatic N) is 4. The van der Waals surface area contributed by atoms with E-state index in [1.807, 2.05) is 48.9 Å². The number of benzene rings is 4. The molecule has 0 aliphatic carbocycles. The van der Waals surface area contributed by atoms with Crippen LogP contribution in [0.1, 0.15) is 26.5 Å². The van der Waals surface area contributed by atoms with Gasteiger partial charge in [0.15, 0.2) is 11.0 Å². The highest BCUT2D eigenvalue weighted by Crippen LogP contribution is 2.35. The summed E-state index contributed by atoms with van der Waals surface area (Å²) in [6.07, 6.45) is 3.82. The van der Waals surface area contributed by atoms with Gasteiger partial charge in [-0.15, -0.1) is 0 Å². The fraction of sp³-hybridized carbons (Fsp3) is 0.121. The third-order valence-electron chi connectivity index (χ3n) is 7.10. The number of fused-ring (bicyclic) bond motifs is 4. The van der Waals surface area contributed by atoms with Crippen LogP contribution in [-0.4, -0.2) is 19.5 Å². The van der Waals surface area contributed by atoms with Gasteiger partial charge >= 0.3 is 0 Å². The lowest BCUT2D eigenvalue weighted by atomic mass is 9.92. The van der Waals surface area contributed by atoms with Crippen molar-refractivity contribution in [3.05, 3.63) is 115 Å².